The fraction of sp³-hybridized carbons (Fsp3) is 0.481. The zero-order valence-electron chi connectivity index (χ0n) is 20.2. The average Bonchev–Trinajstić information content (AvgIpc) is 3.17. The number of nitrogens with zero attached hydrogens (tertiary/aromatic N) is 2. The third-order valence-electron chi connectivity index (χ3n) is 7.46. The van der Waals surface area contributed by atoms with E-state index in [-0.39, 0.29) is 11.5 Å². The van der Waals surface area contributed by atoms with E-state index >= 15 is 0 Å². The van der Waals surface area contributed by atoms with E-state index in [2.05, 4.69) is 10.2 Å². The summed E-state index contributed by atoms with van der Waals surface area (Å²) in [6.07, 6.45) is 4.28. The van der Waals surface area contributed by atoms with Crippen molar-refractivity contribution in [2.45, 2.75) is 38.3 Å². The highest BCUT2D eigenvalue weighted by Crippen LogP contribution is 2.42. The minimum absolute atomic E-state index is 0.0994. The summed E-state index contributed by atoms with van der Waals surface area (Å²) in [5, 5.41) is 2.95. The highest BCUT2D eigenvalue weighted by atomic mass is 16.5. The van der Waals surface area contributed by atoms with E-state index in [1.54, 1.807) is 14.2 Å². The molecular formula is C27H35N3O4. The molecule has 2 aromatic rings. The zero-order chi connectivity index (χ0) is 24.0. The first-order chi connectivity index (χ1) is 16.6. The molecule has 2 aliphatic rings. The highest BCUT2D eigenvalue weighted by molar-refractivity contribution is 5.85. The van der Waals surface area contributed by atoms with Crippen LogP contribution in [0.1, 0.15) is 42.9 Å². The molecule has 0 aromatic heterocycles. The Bertz CT molecular complexity index is 970. The number of hydrogen-bond acceptors (Lipinski definition) is 5. The number of nitrogens with one attached hydrogen (secondary N) is 1. The number of carbonyl (C=O) groups excluding carboxylic acids is 2. The molecule has 2 heterocycles. The first-order valence-electron chi connectivity index (χ1n) is 12.1. The van der Waals surface area contributed by atoms with Gasteiger partial charge in [0.15, 0.2) is 0 Å². The summed E-state index contributed by atoms with van der Waals surface area (Å²) in [4.78, 5) is 29.0. The van der Waals surface area contributed by atoms with Crippen LogP contribution in [0.5, 0.6) is 11.5 Å². The maximum absolute atomic E-state index is 13.3. The molecule has 0 bridgehead atoms. The number of benzene rings is 2. The molecule has 2 fully saturated rings. The first-order valence-corrected chi connectivity index (χ1v) is 12.1. The molecule has 7 heteroatoms. The van der Waals surface area contributed by atoms with E-state index < -0.39 is 0 Å². The number of amides is 2. The van der Waals surface area contributed by atoms with Crippen molar-refractivity contribution >= 4 is 12.3 Å². The van der Waals surface area contributed by atoms with Crippen LogP contribution in [0.15, 0.2) is 48.5 Å². The van der Waals surface area contributed by atoms with Crippen LogP contribution in [-0.2, 0) is 16.1 Å². The van der Waals surface area contributed by atoms with E-state index in [4.69, 9.17) is 9.47 Å². The van der Waals surface area contributed by atoms with Gasteiger partial charge in [-0.05, 0) is 62.5 Å². The Morgan fingerprint density at radius 3 is 2.38 bits per heavy atom. The first kappa shape index (κ1) is 24.1. The Labute approximate surface area is 202 Å². The Morgan fingerprint density at radius 1 is 1.00 bits per heavy atom. The molecule has 34 heavy (non-hydrogen) atoms. The van der Waals surface area contributed by atoms with Crippen molar-refractivity contribution in [3.05, 3.63) is 59.7 Å². The van der Waals surface area contributed by atoms with Gasteiger partial charge < -0.3 is 24.6 Å². The van der Waals surface area contributed by atoms with Crippen molar-refractivity contribution in [2.75, 3.05) is 40.4 Å². The molecule has 1 spiro atoms. The second kappa shape index (κ2) is 10.9. The third-order valence-corrected chi connectivity index (χ3v) is 7.46. The number of rotatable bonds is 10. The molecule has 0 aliphatic carbocycles. The van der Waals surface area contributed by atoms with Crippen LogP contribution in [-0.4, -0.2) is 62.5 Å². The van der Waals surface area contributed by atoms with E-state index in [9.17, 15) is 9.59 Å². The van der Waals surface area contributed by atoms with Crippen molar-refractivity contribution in [1.29, 1.82) is 0 Å². The monoisotopic (exact) mass is 465 g/mol. The molecular weight excluding hydrogens is 430 g/mol. The topological polar surface area (TPSA) is 71.1 Å². The molecule has 2 saturated heterocycles. The van der Waals surface area contributed by atoms with Gasteiger partial charge in [0.1, 0.15) is 11.5 Å². The van der Waals surface area contributed by atoms with Gasteiger partial charge >= 0.3 is 0 Å². The van der Waals surface area contributed by atoms with E-state index in [1.807, 2.05) is 53.4 Å². The average molecular weight is 466 g/mol. The summed E-state index contributed by atoms with van der Waals surface area (Å²) < 4.78 is 10.7. The summed E-state index contributed by atoms with van der Waals surface area (Å²) in [5.41, 5.74) is 1.91. The quantitative estimate of drug-likeness (QED) is 0.545. The van der Waals surface area contributed by atoms with Gasteiger partial charge in [-0.3, -0.25) is 9.59 Å². The Kier molecular flexibility index (Phi) is 7.73. The van der Waals surface area contributed by atoms with Crippen LogP contribution in [0, 0.1) is 5.41 Å². The molecule has 2 aliphatic heterocycles. The van der Waals surface area contributed by atoms with Crippen molar-refractivity contribution < 1.29 is 19.1 Å². The Balaban J connectivity index is 1.30. The van der Waals surface area contributed by atoms with E-state index in [1.165, 1.54) is 0 Å². The Hall–Kier alpha value is -3.06. The molecule has 1 N–H and O–H groups in total. The molecule has 0 radical (unpaired) electrons. The number of piperidine rings is 1. The summed E-state index contributed by atoms with van der Waals surface area (Å²) >= 11 is 0. The summed E-state index contributed by atoms with van der Waals surface area (Å²) in [7, 11) is 3.31. The van der Waals surface area contributed by atoms with Crippen LogP contribution in [0.2, 0.25) is 0 Å². The van der Waals surface area contributed by atoms with Gasteiger partial charge in [-0.2, -0.15) is 0 Å². The van der Waals surface area contributed by atoms with Crippen LogP contribution in [0.25, 0.3) is 0 Å². The van der Waals surface area contributed by atoms with Gasteiger partial charge in [0, 0.05) is 25.2 Å². The van der Waals surface area contributed by atoms with E-state index in [0.29, 0.717) is 12.5 Å². The number of carbonyl (C=O) groups is 2. The van der Waals surface area contributed by atoms with Crippen molar-refractivity contribution in [2.24, 2.45) is 5.41 Å². The van der Waals surface area contributed by atoms with Gasteiger partial charge in [0.05, 0.1) is 25.7 Å². The smallest absolute Gasteiger partial charge is 0.229 e. The second-order valence-corrected chi connectivity index (χ2v) is 9.31. The van der Waals surface area contributed by atoms with Crippen molar-refractivity contribution in [1.82, 2.24) is 15.1 Å². The Morgan fingerprint density at radius 2 is 1.71 bits per heavy atom. The van der Waals surface area contributed by atoms with Crippen molar-refractivity contribution in [3.8, 4) is 11.5 Å². The minimum Gasteiger partial charge on any atom is -0.497 e. The van der Waals surface area contributed by atoms with Crippen LogP contribution < -0.4 is 14.8 Å². The number of methoxy groups -OCH3 is 2. The second-order valence-electron chi connectivity index (χ2n) is 9.31. The minimum atomic E-state index is -0.216. The lowest BCUT2D eigenvalue weighted by molar-refractivity contribution is -0.138. The molecule has 2 amide bonds. The lowest BCUT2D eigenvalue weighted by Gasteiger charge is -2.38. The summed E-state index contributed by atoms with van der Waals surface area (Å²) in [5.74, 6) is 1.92. The molecule has 1 atom stereocenters. The standard InChI is InChI=1S/C27H35N3O4/c1-33-22-9-7-21(8-10-22)19-30-18-14-27(26(30)32)12-16-29(17-13-27)15-11-24(28-20-31)23-5-3-4-6-25(23)34-2/h3-10,20,24H,11-19H2,1-2H3,(H,28,31). The van der Waals surface area contributed by atoms with Crippen LogP contribution >= 0.6 is 0 Å². The molecule has 182 valence electrons. The molecule has 4 rings (SSSR count). The maximum Gasteiger partial charge on any atom is 0.229 e. The normalized spacial score (nSPS) is 18.6. The molecule has 1 unspecified atom stereocenters. The van der Waals surface area contributed by atoms with E-state index in [0.717, 1.165) is 80.9 Å². The number of likely N-dealkylation sites (tertiary alicyclic amines) is 2. The zero-order valence-corrected chi connectivity index (χ0v) is 20.2. The summed E-state index contributed by atoms with van der Waals surface area (Å²) in [6.45, 7) is 4.16. The lowest BCUT2D eigenvalue weighted by Crippen LogP contribution is -2.45. The molecule has 0 saturated carbocycles. The largest absolute Gasteiger partial charge is 0.497 e. The van der Waals surface area contributed by atoms with Gasteiger partial charge in [0.2, 0.25) is 12.3 Å². The van der Waals surface area contributed by atoms with Gasteiger partial charge in [-0.15, -0.1) is 0 Å². The van der Waals surface area contributed by atoms with Crippen LogP contribution in [0.4, 0.5) is 0 Å². The molecule has 2 aromatic carbocycles. The fourth-order valence-corrected chi connectivity index (χ4v) is 5.34. The molecule has 7 nitrogen and oxygen atoms in total. The predicted molar refractivity (Wildman–Crippen MR) is 131 cm³/mol. The summed E-state index contributed by atoms with van der Waals surface area (Å²) in [6, 6.07) is 15.7. The SMILES string of the molecule is COc1ccc(CN2CCC3(CCN(CCC(NC=O)c4ccccc4OC)CC3)C2=O)cc1. The predicted octanol–water partition coefficient (Wildman–Crippen LogP) is 3.40. The number of hydrogen-bond donors (Lipinski definition) is 1. The highest BCUT2D eigenvalue weighted by Gasteiger charge is 2.47. The van der Waals surface area contributed by atoms with Gasteiger partial charge in [0.25, 0.3) is 0 Å². The number of para-hydroxylation sites is 1. The fourth-order valence-electron chi connectivity index (χ4n) is 5.34. The van der Waals surface area contributed by atoms with Crippen molar-refractivity contribution in [3.63, 3.8) is 0 Å². The van der Waals surface area contributed by atoms with Crippen LogP contribution in [0.3, 0.4) is 0 Å². The third kappa shape index (κ3) is 5.20. The van der Waals surface area contributed by atoms with Gasteiger partial charge in [-0.1, -0.05) is 30.3 Å². The van der Waals surface area contributed by atoms with Gasteiger partial charge in [-0.25, -0.2) is 0 Å². The lowest BCUT2D eigenvalue weighted by atomic mass is 9.77. The maximum atomic E-state index is 13.3. The number of ether oxygens (including phenoxy) is 2.